The molecule has 3 aromatic rings. The van der Waals surface area contributed by atoms with Crippen molar-refractivity contribution in [1.82, 2.24) is 9.97 Å². The highest BCUT2D eigenvalue weighted by Gasteiger charge is 2.08. The molecule has 0 atom stereocenters. The maximum absolute atomic E-state index is 13.2. The van der Waals surface area contributed by atoms with Gasteiger partial charge in [0.25, 0.3) is 0 Å². The summed E-state index contributed by atoms with van der Waals surface area (Å²) in [7, 11) is 0. The first-order chi connectivity index (χ1) is 9.63. The lowest BCUT2D eigenvalue weighted by molar-refractivity contribution is 0.509. The van der Waals surface area contributed by atoms with E-state index in [0.29, 0.717) is 17.0 Å². The molecule has 0 saturated heterocycles. The molecular formula is C14H8ClF2N3. The minimum Gasteiger partial charge on any atom is -0.339 e. The number of hydrogen-bond donors (Lipinski definition) is 1. The number of hydrogen-bond acceptors (Lipinski definition) is 3. The molecule has 1 N–H and O–H groups in total. The second kappa shape index (κ2) is 5.02. The first-order valence-corrected chi connectivity index (χ1v) is 6.15. The molecule has 3 rings (SSSR count). The van der Waals surface area contributed by atoms with Crippen LogP contribution >= 0.6 is 11.6 Å². The van der Waals surface area contributed by atoms with E-state index >= 15 is 0 Å². The Labute approximate surface area is 118 Å². The van der Waals surface area contributed by atoms with Gasteiger partial charge in [-0.1, -0.05) is 12.1 Å². The van der Waals surface area contributed by atoms with Crippen LogP contribution in [0.1, 0.15) is 0 Å². The largest absolute Gasteiger partial charge is 0.339 e. The molecule has 0 spiro atoms. The zero-order chi connectivity index (χ0) is 14.1. The van der Waals surface area contributed by atoms with Gasteiger partial charge >= 0.3 is 0 Å². The Morgan fingerprint density at radius 2 is 1.75 bits per heavy atom. The fourth-order valence-electron chi connectivity index (χ4n) is 1.85. The summed E-state index contributed by atoms with van der Waals surface area (Å²) < 4.78 is 26.1. The van der Waals surface area contributed by atoms with Gasteiger partial charge in [-0.15, -0.1) is 0 Å². The smallest absolute Gasteiger partial charge is 0.224 e. The van der Waals surface area contributed by atoms with E-state index in [1.54, 1.807) is 6.07 Å². The summed E-state index contributed by atoms with van der Waals surface area (Å²) in [6.07, 6.45) is 0. The van der Waals surface area contributed by atoms with Gasteiger partial charge in [0.1, 0.15) is 5.82 Å². The second-order valence-corrected chi connectivity index (χ2v) is 4.45. The summed E-state index contributed by atoms with van der Waals surface area (Å²) in [5.41, 5.74) is 1.04. The molecule has 3 nitrogen and oxygen atoms in total. The van der Waals surface area contributed by atoms with Gasteiger partial charge in [0, 0.05) is 17.1 Å². The van der Waals surface area contributed by atoms with E-state index in [4.69, 9.17) is 11.6 Å². The van der Waals surface area contributed by atoms with Crippen LogP contribution in [0.2, 0.25) is 5.28 Å². The average molecular weight is 292 g/mol. The predicted molar refractivity (Wildman–Crippen MR) is 74.2 cm³/mol. The van der Waals surface area contributed by atoms with Crippen molar-refractivity contribution in [3.05, 3.63) is 59.4 Å². The Bertz CT molecular complexity index is 792. The molecule has 0 amide bonds. The number of halogens is 3. The third-order valence-corrected chi connectivity index (χ3v) is 2.93. The van der Waals surface area contributed by atoms with Gasteiger partial charge in [0.05, 0.1) is 5.52 Å². The van der Waals surface area contributed by atoms with Crippen LogP contribution in [0.4, 0.5) is 20.3 Å². The lowest BCUT2D eigenvalue weighted by Crippen LogP contribution is -1.98. The van der Waals surface area contributed by atoms with Crippen molar-refractivity contribution >= 4 is 34.0 Å². The molecular weight excluding hydrogens is 284 g/mol. The minimum atomic E-state index is -0.931. The van der Waals surface area contributed by atoms with Gasteiger partial charge in [0.15, 0.2) is 11.6 Å². The Balaban J connectivity index is 2.07. The van der Waals surface area contributed by atoms with E-state index < -0.39 is 11.6 Å². The van der Waals surface area contributed by atoms with Crippen LogP contribution in [-0.2, 0) is 0 Å². The van der Waals surface area contributed by atoms with E-state index in [1.165, 1.54) is 6.07 Å². The third-order valence-electron chi connectivity index (χ3n) is 2.76. The van der Waals surface area contributed by atoms with E-state index in [1.807, 2.05) is 18.2 Å². The molecule has 20 heavy (non-hydrogen) atoms. The molecule has 0 aliphatic rings. The predicted octanol–water partition coefficient (Wildman–Crippen LogP) is 4.31. The summed E-state index contributed by atoms with van der Waals surface area (Å²) in [5, 5.41) is 3.73. The van der Waals surface area contributed by atoms with Gasteiger partial charge < -0.3 is 5.32 Å². The highest BCUT2D eigenvalue weighted by molar-refractivity contribution is 6.28. The number of nitrogens with one attached hydrogen (secondary N) is 1. The summed E-state index contributed by atoms with van der Waals surface area (Å²) in [6, 6.07) is 10.8. The molecule has 100 valence electrons. The van der Waals surface area contributed by atoms with Gasteiger partial charge in [-0.05, 0) is 35.9 Å². The molecule has 0 saturated carbocycles. The second-order valence-electron chi connectivity index (χ2n) is 4.11. The van der Waals surface area contributed by atoms with Crippen LogP contribution in [0.25, 0.3) is 10.9 Å². The number of para-hydroxylation sites is 1. The van der Waals surface area contributed by atoms with Crippen molar-refractivity contribution in [3.8, 4) is 0 Å². The molecule has 0 fully saturated rings. The Hall–Kier alpha value is -2.27. The van der Waals surface area contributed by atoms with Crippen LogP contribution in [0.3, 0.4) is 0 Å². The first kappa shape index (κ1) is 12.7. The topological polar surface area (TPSA) is 37.8 Å². The van der Waals surface area contributed by atoms with Crippen LogP contribution in [0.15, 0.2) is 42.5 Å². The van der Waals surface area contributed by atoms with Gasteiger partial charge in [-0.2, -0.15) is 4.98 Å². The summed E-state index contributed by atoms with van der Waals surface area (Å²) in [6.45, 7) is 0. The Morgan fingerprint density at radius 1 is 0.950 bits per heavy atom. The summed E-state index contributed by atoms with van der Waals surface area (Å²) in [4.78, 5) is 8.17. The molecule has 0 aliphatic carbocycles. The highest BCUT2D eigenvalue weighted by Crippen LogP contribution is 2.25. The van der Waals surface area contributed by atoms with E-state index in [2.05, 4.69) is 15.3 Å². The van der Waals surface area contributed by atoms with Crippen molar-refractivity contribution in [2.24, 2.45) is 0 Å². The van der Waals surface area contributed by atoms with E-state index in [0.717, 1.165) is 17.5 Å². The van der Waals surface area contributed by atoms with Crippen molar-refractivity contribution in [1.29, 1.82) is 0 Å². The van der Waals surface area contributed by atoms with Gasteiger partial charge in [0.2, 0.25) is 5.28 Å². The highest BCUT2D eigenvalue weighted by atomic mass is 35.5. The number of aromatic nitrogens is 2. The maximum atomic E-state index is 13.2. The lowest BCUT2D eigenvalue weighted by atomic mass is 10.2. The van der Waals surface area contributed by atoms with Gasteiger partial charge in [-0.25, -0.2) is 13.8 Å². The first-order valence-electron chi connectivity index (χ1n) is 5.78. The Kier molecular flexibility index (Phi) is 3.20. The minimum absolute atomic E-state index is 0.0776. The van der Waals surface area contributed by atoms with Crippen molar-refractivity contribution < 1.29 is 8.78 Å². The van der Waals surface area contributed by atoms with Crippen molar-refractivity contribution in [2.75, 3.05) is 5.32 Å². The number of anilines is 2. The maximum Gasteiger partial charge on any atom is 0.224 e. The van der Waals surface area contributed by atoms with Crippen molar-refractivity contribution in [2.45, 2.75) is 0 Å². The van der Waals surface area contributed by atoms with E-state index in [-0.39, 0.29) is 5.28 Å². The molecule has 2 aromatic carbocycles. The monoisotopic (exact) mass is 291 g/mol. The molecule has 0 aliphatic heterocycles. The van der Waals surface area contributed by atoms with Crippen LogP contribution in [-0.4, -0.2) is 9.97 Å². The summed E-state index contributed by atoms with van der Waals surface area (Å²) >= 11 is 5.85. The summed E-state index contributed by atoms with van der Waals surface area (Å²) in [5.74, 6) is -1.40. The Morgan fingerprint density at radius 3 is 2.55 bits per heavy atom. The van der Waals surface area contributed by atoms with Crippen LogP contribution < -0.4 is 5.32 Å². The number of fused-ring (bicyclic) bond motifs is 1. The van der Waals surface area contributed by atoms with Crippen LogP contribution in [0, 0.1) is 11.6 Å². The SMILES string of the molecule is Fc1ccc(Nc2nc(Cl)nc3ccccc23)cc1F. The lowest BCUT2D eigenvalue weighted by Gasteiger charge is -2.09. The van der Waals surface area contributed by atoms with Crippen LogP contribution in [0.5, 0.6) is 0 Å². The zero-order valence-electron chi connectivity index (χ0n) is 10.1. The molecule has 6 heteroatoms. The number of nitrogens with zero attached hydrogens (tertiary/aromatic N) is 2. The number of rotatable bonds is 2. The normalized spacial score (nSPS) is 10.8. The van der Waals surface area contributed by atoms with E-state index in [9.17, 15) is 8.78 Å². The fourth-order valence-corrected chi connectivity index (χ4v) is 2.03. The fraction of sp³-hybridized carbons (Fsp3) is 0. The standard InChI is InChI=1S/C14H8ClF2N3/c15-14-19-12-4-2-1-3-9(12)13(20-14)18-8-5-6-10(16)11(17)7-8/h1-7H,(H,18,19,20). The molecule has 0 radical (unpaired) electrons. The zero-order valence-corrected chi connectivity index (χ0v) is 10.8. The molecule has 0 unspecified atom stereocenters. The van der Waals surface area contributed by atoms with Crippen molar-refractivity contribution in [3.63, 3.8) is 0 Å². The molecule has 0 bridgehead atoms. The number of benzene rings is 2. The third kappa shape index (κ3) is 2.40. The molecule has 1 heterocycles. The quantitative estimate of drug-likeness (QED) is 0.715. The average Bonchev–Trinajstić information content (AvgIpc) is 2.43. The molecule has 1 aromatic heterocycles. The van der Waals surface area contributed by atoms with Gasteiger partial charge in [-0.3, -0.25) is 0 Å².